The number of aliphatic carboxylic acids is 2. The molecule has 100 valence electrons. The minimum absolute atomic E-state index is 0.0259. The average Bonchev–Trinajstić information content (AvgIpc) is 2.79. The molecule has 6 nitrogen and oxygen atoms in total. The van der Waals surface area contributed by atoms with Gasteiger partial charge in [0.15, 0.2) is 0 Å². The summed E-state index contributed by atoms with van der Waals surface area (Å²) in [7, 11) is 0. The summed E-state index contributed by atoms with van der Waals surface area (Å²) in [5, 5.41) is 23.6. The molecule has 0 amide bonds. The summed E-state index contributed by atoms with van der Waals surface area (Å²) in [4.78, 5) is 26.9. The van der Waals surface area contributed by atoms with Crippen LogP contribution in [0.3, 0.4) is 0 Å². The van der Waals surface area contributed by atoms with Crippen LogP contribution in [0.2, 0.25) is 0 Å². The van der Waals surface area contributed by atoms with Crippen LogP contribution < -0.4 is 5.32 Å². The number of rotatable bonds is 3. The van der Waals surface area contributed by atoms with Gasteiger partial charge >= 0.3 is 11.9 Å². The summed E-state index contributed by atoms with van der Waals surface area (Å²) in [6, 6.07) is 0. The molecule has 0 spiro atoms. The molecule has 2 rings (SSSR count). The van der Waals surface area contributed by atoms with E-state index in [1.54, 1.807) is 19.2 Å². The number of hydrogen-bond acceptors (Lipinski definition) is 5. The fourth-order valence-corrected chi connectivity index (χ4v) is 2.94. The van der Waals surface area contributed by atoms with Gasteiger partial charge in [-0.1, -0.05) is 0 Å². The first-order valence-electron chi connectivity index (χ1n) is 5.48. The maximum atomic E-state index is 11.4. The van der Waals surface area contributed by atoms with Crippen LogP contribution in [-0.2, 0) is 9.59 Å². The smallest absolute Gasteiger partial charge is 0.334 e. The Labute approximate surface area is 113 Å². The second kappa shape index (κ2) is 4.85. The first-order valence-corrected chi connectivity index (χ1v) is 6.36. The van der Waals surface area contributed by atoms with Crippen LogP contribution in [0.1, 0.15) is 24.8 Å². The lowest BCUT2D eigenvalue weighted by Gasteiger charge is -2.26. The summed E-state index contributed by atoms with van der Waals surface area (Å²) in [5.41, 5.74) is 0.932. The van der Waals surface area contributed by atoms with E-state index in [-0.39, 0.29) is 11.1 Å². The molecular formula is C12H12N2O4S. The zero-order chi connectivity index (χ0) is 14.2. The topological polar surface area (TPSA) is 99.5 Å². The van der Waals surface area contributed by atoms with Crippen LogP contribution >= 0.6 is 11.3 Å². The lowest BCUT2D eigenvalue weighted by atomic mass is 9.86. The summed E-state index contributed by atoms with van der Waals surface area (Å²) in [6.07, 6.45) is 1.53. The first kappa shape index (κ1) is 13.3. The van der Waals surface area contributed by atoms with Crippen molar-refractivity contribution in [2.75, 3.05) is 0 Å². The van der Waals surface area contributed by atoms with Gasteiger partial charge in [0.05, 0.1) is 17.1 Å². The van der Waals surface area contributed by atoms with Crippen molar-refractivity contribution in [3.05, 3.63) is 39.1 Å². The van der Waals surface area contributed by atoms with Gasteiger partial charge in [0, 0.05) is 23.0 Å². The van der Waals surface area contributed by atoms with Gasteiger partial charge in [-0.05, 0) is 13.8 Å². The molecule has 7 heteroatoms. The zero-order valence-electron chi connectivity index (χ0n) is 10.3. The first-order chi connectivity index (χ1) is 8.93. The third kappa shape index (κ3) is 2.24. The quantitative estimate of drug-likeness (QED) is 0.776. The standard InChI is InChI=1S/C12H12N2O4S/c1-5-7(11(15)16)9(10-13-3-4-19-10)8(12(17)18)6(2)14-5/h3-4,9,14H,1-2H3,(H,15,16)(H,17,18). The van der Waals surface area contributed by atoms with E-state index >= 15 is 0 Å². The molecule has 0 aromatic carbocycles. The molecular weight excluding hydrogens is 268 g/mol. The Morgan fingerprint density at radius 1 is 1.21 bits per heavy atom. The lowest BCUT2D eigenvalue weighted by Crippen LogP contribution is -2.30. The van der Waals surface area contributed by atoms with Crippen molar-refractivity contribution in [1.29, 1.82) is 0 Å². The molecule has 3 N–H and O–H groups in total. The van der Waals surface area contributed by atoms with E-state index in [0.29, 0.717) is 16.4 Å². The molecule has 0 aliphatic carbocycles. The van der Waals surface area contributed by atoms with Crippen LogP contribution in [-0.4, -0.2) is 27.1 Å². The highest BCUT2D eigenvalue weighted by Crippen LogP contribution is 2.38. The SMILES string of the molecule is CC1=C(C(=O)O)C(c2nccs2)C(C(=O)O)=C(C)N1. The van der Waals surface area contributed by atoms with Crippen molar-refractivity contribution in [1.82, 2.24) is 10.3 Å². The molecule has 0 saturated carbocycles. The van der Waals surface area contributed by atoms with Gasteiger partial charge < -0.3 is 15.5 Å². The Balaban J connectivity index is 2.65. The molecule has 0 bridgehead atoms. The average molecular weight is 280 g/mol. The summed E-state index contributed by atoms with van der Waals surface area (Å²) < 4.78 is 0. The molecule has 0 radical (unpaired) electrons. The van der Waals surface area contributed by atoms with Gasteiger partial charge in [-0.25, -0.2) is 14.6 Å². The normalized spacial score (nSPS) is 16.5. The van der Waals surface area contributed by atoms with E-state index in [1.807, 2.05) is 0 Å². The van der Waals surface area contributed by atoms with E-state index < -0.39 is 17.9 Å². The third-order valence-corrected chi connectivity index (χ3v) is 3.76. The minimum atomic E-state index is -1.14. The number of carboxylic acids is 2. The maximum absolute atomic E-state index is 11.4. The van der Waals surface area contributed by atoms with E-state index in [4.69, 9.17) is 0 Å². The van der Waals surface area contributed by atoms with Gasteiger partial charge in [-0.2, -0.15) is 0 Å². The van der Waals surface area contributed by atoms with Crippen LogP contribution in [0, 0.1) is 0 Å². The van der Waals surface area contributed by atoms with Crippen LogP contribution in [0.5, 0.6) is 0 Å². The Morgan fingerprint density at radius 3 is 2.11 bits per heavy atom. The Kier molecular flexibility index (Phi) is 3.39. The molecule has 19 heavy (non-hydrogen) atoms. The number of nitrogens with one attached hydrogen (secondary N) is 1. The van der Waals surface area contributed by atoms with Crippen LogP contribution in [0.15, 0.2) is 34.1 Å². The predicted molar refractivity (Wildman–Crippen MR) is 68.7 cm³/mol. The number of thiazole rings is 1. The molecule has 0 saturated heterocycles. The Hall–Kier alpha value is -2.15. The summed E-state index contributed by atoms with van der Waals surface area (Å²) in [6.45, 7) is 3.23. The highest BCUT2D eigenvalue weighted by molar-refractivity contribution is 7.09. The van der Waals surface area contributed by atoms with Crippen molar-refractivity contribution in [2.24, 2.45) is 0 Å². The molecule has 0 atom stereocenters. The minimum Gasteiger partial charge on any atom is -0.478 e. The summed E-state index contributed by atoms with van der Waals surface area (Å²) in [5.74, 6) is -3.12. The second-order valence-corrected chi connectivity index (χ2v) is 5.04. The second-order valence-electron chi connectivity index (χ2n) is 4.12. The number of aromatic nitrogens is 1. The van der Waals surface area contributed by atoms with Gasteiger partial charge in [0.25, 0.3) is 0 Å². The molecule has 0 fully saturated rings. The number of dihydropyridines is 1. The van der Waals surface area contributed by atoms with E-state index in [0.717, 1.165) is 0 Å². The fourth-order valence-electron chi connectivity index (χ4n) is 2.19. The Morgan fingerprint density at radius 2 is 1.74 bits per heavy atom. The van der Waals surface area contributed by atoms with Gasteiger partial charge in [-0.3, -0.25) is 0 Å². The van der Waals surface area contributed by atoms with Crippen molar-refractivity contribution in [3.63, 3.8) is 0 Å². The van der Waals surface area contributed by atoms with Gasteiger partial charge in [0.2, 0.25) is 0 Å². The maximum Gasteiger partial charge on any atom is 0.334 e. The van der Waals surface area contributed by atoms with Crippen molar-refractivity contribution in [3.8, 4) is 0 Å². The molecule has 1 aromatic heterocycles. The van der Waals surface area contributed by atoms with Gasteiger partial charge in [-0.15, -0.1) is 11.3 Å². The van der Waals surface area contributed by atoms with E-state index in [2.05, 4.69) is 10.3 Å². The molecule has 1 aliphatic rings. The van der Waals surface area contributed by atoms with Crippen LogP contribution in [0.25, 0.3) is 0 Å². The molecule has 1 aromatic rings. The monoisotopic (exact) mass is 280 g/mol. The fraction of sp³-hybridized carbons (Fsp3) is 0.250. The largest absolute Gasteiger partial charge is 0.478 e. The van der Waals surface area contributed by atoms with Crippen molar-refractivity contribution in [2.45, 2.75) is 19.8 Å². The predicted octanol–water partition coefficient (Wildman–Crippen LogP) is 1.55. The number of carboxylic acid groups (broad SMARTS) is 2. The van der Waals surface area contributed by atoms with Gasteiger partial charge in [0.1, 0.15) is 5.01 Å². The highest BCUT2D eigenvalue weighted by atomic mass is 32.1. The molecule has 1 aliphatic heterocycles. The van der Waals surface area contributed by atoms with E-state index in [1.165, 1.54) is 17.5 Å². The third-order valence-electron chi connectivity index (χ3n) is 2.92. The number of carbonyl (C=O) groups is 2. The number of hydrogen-bond donors (Lipinski definition) is 3. The zero-order valence-corrected chi connectivity index (χ0v) is 11.1. The molecule has 0 unspecified atom stereocenters. The number of allylic oxidation sites excluding steroid dienone is 2. The highest BCUT2D eigenvalue weighted by Gasteiger charge is 2.37. The van der Waals surface area contributed by atoms with Crippen molar-refractivity contribution >= 4 is 23.3 Å². The van der Waals surface area contributed by atoms with E-state index in [9.17, 15) is 19.8 Å². The summed E-state index contributed by atoms with van der Waals surface area (Å²) >= 11 is 1.24. The number of nitrogens with zero attached hydrogens (tertiary/aromatic N) is 1. The lowest BCUT2D eigenvalue weighted by molar-refractivity contribution is -0.133. The molecule has 2 heterocycles. The van der Waals surface area contributed by atoms with Crippen LogP contribution in [0.4, 0.5) is 0 Å². The van der Waals surface area contributed by atoms with Crippen molar-refractivity contribution < 1.29 is 19.8 Å². The Bertz CT molecular complexity index is 565.